The SMILES string of the molecule is NS(=O)(=O)c1ccccc1-c1cccn1-c1ccncc1. The number of hydrogen-bond acceptors (Lipinski definition) is 3. The van der Waals surface area contributed by atoms with Gasteiger partial charge in [0, 0.05) is 29.8 Å². The lowest BCUT2D eigenvalue weighted by molar-refractivity contribution is 0.598. The number of pyridine rings is 1. The molecule has 0 saturated carbocycles. The van der Waals surface area contributed by atoms with Crippen LogP contribution in [0.1, 0.15) is 0 Å². The van der Waals surface area contributed by atoms with E-state index in [9.17, 15) is 8.42 Å². The molecule has 3 aromatic rings. The summed E-state index contributed by atoms with van der Waals surface area (Å²) in [6.45, 7) is 0. The van der Waals surface area contributed by atoms with Gasteiger partial charge in [-0.15, -0.1) is 0 Å². The fraction of sp³-hybridized carbons (Fsp3) is 0. The second kappa shape index (κ2) is 5.16. The molecule has 0 amide bonds. The van der Waals surface area contributed by atoms with Crippen LogP contribution in [0, 0.1) is 0 Å². The van der Waals surface area contributed by atoms with Crippen LogP contribution in [0.3, 0.4) is 0 Å². The minimum Gasteiger partial charge on any atom is -0.316 e. The third kappa shape index (κ3) is 2.58. The van der Waals surface area contributed by atoms with Crippen molar-refractivity contribution in [2.45, 2.75) is 4.90 Å². The largest absolute Gasteiger partial charge is 0.316 e. The smallest absolute Gasteiger partial charge is 0.238 e. The minimum atomic E-state index is -3.78. The standard InChI is InChI=1S/C15H13N3O2S/c16-21(19,20)15-6-2-1-4-13(15)14-5-3-11-18(14)12-7-9-17-10-8-12/h1-11H,(H2,16,19,20). The lowest BCUT2D eigenvalue weighted by atomic mass is 10.1. The highest BCUT2D eigenvalue weighted by molar-refractivity contribution is 7.89. The van der Waals surface area contributed by atoms with Crippen molar-refractivity contribution in [3.05, 3.63) is 67.1 Å². The first kappa shape index (κ1) is 13.5. The number of rotatable bonds is 3. The van der Waals surface area contributed by atoms with Crippen LogP contribution in [-0.4, -0.2) is 18.0 Å². The maximum atomic E-state index is 11.8. The third-order valence-electron chi connectivity index (χ3n) is 3.16. The second-order valence-electron chi connectivity index (χ2n) is 4.51. The minimum absolute atomic E-state index is 0.110. The van der Waals surface area contributed by atoms with Crippen molar-refractivity contribution >= 4 is 10.0 Å². The highest BCUT2D eigenvalue weighted by atomic mass is 32.2. The molecule has 6 heteroatoms. The number of nitrogens with two attached hydrogens (primary N) is 1. The molecule has 2 heterocycles. The number of aromatic nitrogens is 2. The van der Waals surface area contributed by atoms with E-state index >= 15 is 0 Å². The zero-order chi connectivity index (χ0) is 14.9. The molecule has 0 unspecified atom stereocenters. The first-order valence-corrected chi connectivity index (χ1v) is 7.82. The third-order valence-corrected chi connectivity index (χ3v) is 4.13. The van der Waals surface area contributed by atoms with Crippen molar-refractivity contribution < 1.29 is 8.42 Å². The van der Waals surface area contributed by atoms with E-state index in [1.165, 1.54) is 6.07 Å². The summed E-state index contributed by atoms with van der Waals surface area (Å²) in [4.78, 5) is 4.10. The van der Waals surface area contributed by atoms with Crippen LogP contribution in [0.25, 0.3) is 16.9 Å². The van der Waals surface area contributed by atoms with Crippen molar-refractivity contribution in [1.82, 2.24) is 9.55 Å². The van der Waals surface area contributed by atoms with Crippen LogP contribution in [0.4, 0.5) is 0 Å². The Morgan fingerprint density at radius 1 is 0.952 bits per heavy atom. The van der Waals surface area contributed by atoms with E-state index in [-0.39, 0.29) is 4.90 Å². The van der Waals surface area contributed by atoms with Gasteiger partial charge in [-0.3, -0.25) is 4.98 Å². The highest BCUT2D eigenvalue weighted by Gasteiger charge is 2.17. The van der Waals surface area contributed by atoms with Gasteiger partial charge in [0.1, 0.15) is 0 Å². The quantitative estimate of drug-likeness (QED) is 0.805. The number of benzene rings is 1. The molecule has 0 aliphatic carbocycles. The van der Waals surface area contributed by atoms with Crippen LogP contribution in [-0.2, 0) is 10.0 Å². The van der Waals surface area contributed by atoms with Gasteiger partial charge in [0.2, 0.25) is 10.0 Å². The Kier molecular flexibility index (Phi) is 3.32. The Bertz CT molecular complexity index is 871. The van der Waals surface area contributed by atoms with E-state index in [0.29, 0.717) is 5.56 Å². The Labute approximate surface area is 122 Å². The zero-order valence-electron chi connectivity index (χ0n) is 11.0. The maximum absolute atomic E-state index is 11.8. The van der Waals surface area contributed by atoms with Gasteiger partial charge in [0.15, 0.2) is 0 Å². The van der Waals surface area contributed by atoms with Crippen LogP contribution < -0.4 is 5.14 Å². The van der Waals surface area contributed by atoms with E-state index in [4.69, 9.17) is 5.14 Å². The van der Waals surface area contributed by atoms with Crippen molar-refractivity contribution in [3.8, 4) is 16.9 Å². The Morgan fingerprint density at radius 2 is 1.67 bits per heavy atom. The van der Waals surface area contributed by atoms with Gasteiger partial charge in [-0.05, 0) is 30.3 Å². The predicted octanol–water partition coefficient (Wildman–Crippen LogP) is 2.19. The Balaban J connectivity index is 2.23. The van der Waals surface area contributed by atoms with Crippen molar-refractivity contribution in [2.75, 3.05) is 0 Å². The van der Waals surface area contributed by atoms with Gasteiger partial charge in [-0.2, -0.15) is 0 Å². The van der Waals surface area contributed by atoms with Crippen LogP contribution in [0.15, 0.2) is 72.0 Å². The lowest BCUT2D eigenvalue weighted by Gasteiger charge is -2.12. The molecule has 2 N–H and O–H groups in total. The van der Waals surface area contributed by atoms with Gasteiger partial charge >= 0.3 is 0 Å². The summed E-state index contributed by atoms with van der Waals surface area (Å²) < 4.78 is 25.4. The van der Waals surface area contributed by atoms with Gasteiger partial charge in [0.05, 0.1) is 10.6 Å². The Morgan fingerprint density at radius 3 is 2.38 bits per heavy atom. The van der Waals surface area contributed by atoms with Gasteiger partial charge < -0.3 is 4.57 Å². The van der Waals surface area contributed by atoms with E-state index in [0.717, 1.165) is 11.4 Å². The molecule has 3 rings (SSSR count). The molecular weight excluding hydrogens is 286 g/mol. The summed E-state index contributed by atoms with van der Waals surface area (Å²) in [6.07, 6.45) is 5.24. The second-order valence-corrected chi connectivity index (χ2v) is 6.04. The van der Waals surface area contributed by atoms with Gasteiger partial charge in [-0.1, -0.05) is 18.2 Å². The summed E-state index contributed by atoms with van der Waals surface area (Å²) in [5, 5.41) is 5.31. The summed E-state index contributed by atoms with van der Waals surface area (Å²) >= 11 is 0. The van der Waals surface area contributed by atoms with Crippen LogP contribution in [0.5, 0.6) is 0 Å². The van der Waals surface area contributed by atoms with Crippen molar-refractivity contribution in [1.29, 1.82) is 0 Å². The summed E-state index contributed by atoms with van der Waals surface area (Å²) in [5.41, 5.74) is 2.22. The number of nitrogens with zero attached hydrogens (tertiary/aromatic N) is 2. The molecule has 21 heavy (non-hydrogen) atoms. The molecule has 0 bridgehead atoms. The topological polar surface area (TPSA) is 78.0 Å². The first-order valence-electron chi connectivity index (χ1n) is 6.27. The van der Waals surface area contributed by atoms with E-state index in [1.807, 2.05) is 35.0 Å². The van der Waals surface area contributed by atoms with E-state index in [2.05, 4.69) is 4.98 Å². The summed E-state index contributed by atoms with van der Waals surface area (Å²) in [5.74, 6) is 0. The first-order chi connectivity index (χ1) is 10.1. The molecule has 0 atom stereocenters. The van der Waals surface area contributed by atoms with Gasteiger partial charge in [-0.25, -0.2) is 13.6 Å². The molecule has 0 aliphatic heterocycles. The molecule has 0 spiro atoms. The number of hydrogen-bond donors (Lipinski definition) is 1. The fourth-order valence-corrected chi connectivity index (χ4v) is 3.00. The molecule has 0 radical (unpaired) electrons. The zero-order valence-corrected chi connectivity index (χ0v) is 11.9. The molecule has 2 aromatic heterocycles. The van der Waals surface area contributed by atoms with Crippen molar-refractivity contribution in [2.24, 2.45) is 5.14 Å². The van der Waals surface area contributed by atoms with E-state index in [1.54, 1.807) is 30.6 Å². The summed E-state index contributed by atoms with van der Waals surface area (Å²) in [7, 11) is -3.78. The maximum Gasteiger partial charge on any atom is 0.238 e. The summed E-state index contributed by atoms with van der Waals surface area (Å²) in [6, 6.07) is 14.1. The highest BCUT2D eigenvalue weighted by Crippen LogP contribution is 2.28. The van der Waals surface area contributed by atoms with Gasteiger partial charge in [0.25, 0.3) is 0 Å². The van der Waals surface area contributed by atoms with Crippen LogP contribution in [0.2, 0.25) is 0 Å². The number of primary sulfonamides is 1. The van der Waals surface area contributed by atoms with Crippen molar-refractivity contribution in [3.63, 3.8) is 0 Å². The molecule has 0 aliphatic rings. The number of sulfonamides is 1. The average molecular weight is 299 g/mol. The molecule has 0 saturated heterocycles. The lowest BCUT2D eigenvalue weighted by Crippen LogP contribution is -2.13. The average Bonchev–Trinajstić information content (AvgIpc) is 2.96. The molecule has 5 nitrogen and oxygen atoms in total. The fourth-order valence-electron chi connectivity index (χ4n) is 2.26. The molecular formula is C15H13N3O2S. The predicted molar refractivity (Wildman–Crippen MR) is 80.4 cm³/mol. The molecule has 0 fully saturated rings. The Hall–Kier alpha value is -2.44. The normalized spacial score (nSPS) is 11.5. The molecule has 1 aromatic carbocycles. The van der Waals surface area contributed by atoms with E-state index < -0.39 is 10.0 Å². The molecule has 106 valence electrons. The monoisotopic (exact) mass is 299 g/mol. The van der Waals surface area contributed by atoms with Crippen LogP contribution >= 0.6 is 0 Å².